The molecule has 2 unspecified atom stereocenters. The van der Waals surface area contributed by atoms with Gasteiger partial charge in [-0.05, 0) is 52.6 Å². The van der Waals surface area contributed by atoms with Gasteiger partial charge in [-0.3, -0.25) is 4.79 Å². The molecule has 0 saturated carbocycles. The van der Waals surface area contributed by atoms with Gasteiger partial charge < -0.3 is 10.2 Å². The number of carbonyl (C=O) groups excluding carboxylic acids is 1. The number of hydrogen-bond donors (Lipinski definition) is 1. The van der Waals surface area contributed by atoms with Gasteiger partial charge in [0.25, 0.3) is 5.91 Å². The fourth-order valence-electron chi connectivity index (χ4n) is 2.85. The summed E-state index contributed by atoms with van der Waals surface area (Å²) < 4.78 is 0.970. The minimum absolute atomic E-state index is 0.122. The van der Waals surface area contributed by atoms with Crippen LogP contribution in [0, 0.1) is 15.4 Å². The van der Waals surface area contributed by atoms with Crippen LogP contribution in [0.25, 0.3) is 0 Å². The first kappa shape index (κ1) is 12.7. The van der Waals surface area contributed by atoms with Crippen molar-refractivity contribution in [3.05, 3.63) is 32.4 Å². The Hall–Kier alpha value is -0.330. The Morgan fingerprint density at radius 1 is 1.33 bits per heavy atom. The molecule has 1 amide bonds. The Balaban J connectivity index is 1.81. The highest BCUT2D eigenvalue weighted by Crippen LogP contribution is 2.28. The van der Waals surface area contributed by atoms with Crippen LogP contribution in [-0.2, 0) is 0 Å². The van der Waals surface area contributed by atoms with Crippen molar-refractivity contribution in [2.75, 3.05) is 26.2 Å². The lowest BCUT2D eigenvalue weighted by Crippen LogP contribution is -2.32. The van der Waals surface area contributed by atoms with E-state index in [2.05, 4.69) is 27.9 Å². The van der Waals surface area contributed by atoms with Gasteiger partial charge in [0.2, 0.25) is 0 Å². The second kappa shape index (κ2) is 4.98. The maximum atomic E-state index is 12.5. The molecule has 2 heterocycles. The Morgan fingerprint density at radius 2 is 2.00 bits per heavy atom. The maximum absolute atomic E-state index is 12.5. The molecule has 0 aromatic heterocycles. The molecular formula is C13H14ClIN2O. The largest absolute Gasteiger partial charge is 0.338 e. The van der Waals surface area contributed by atoms with Crippen molar-refractivity contribution >= 4 is 40.1 Å². The third kappa shape index (κ3) is 2.26. The van der Waals surface area contributed by atoms with E-state index in [1.165, 1.54) is 0 Å². The fraction of sp³-hybridized carbons (Fsp3) is 0.462. The number of nitrogens with one attached hydrogen (secondary N) is 1. The summed E-state index contributed by atoms with van der Waals surface area (Å²) >= 11 is 8.17. The van der Waals surface area contributed by atoms with Gasteiger partial charge >= 0.3 is 0 Å². The molecule has 96 valence electrons. The lowest BCUT2D eigenvalue weighted by atomic mass is 10.0. The second-order valence-electron chi connectivity index (χ2n) is 5.01. The van der Waals surface area contributed by atoms with Gasteiger partial charge in [0.15, 0.2) is 0 Å². The number of nitrogens with zero attached hydrogens (tertiary/aromatic N) is 1. The van der Waals surface area contributed by atoms with Crippen LogP contribution in [0.2, 0.25) is 5.02 Å². The highest BCUT2D eigenvalue weighted by atomic mass is 127. The van der Waals surface area contributed by atoms with Gasteiger partial charge in [-0.1, -0.05) is 11.6 Å². The molecule has 3 nitrogen and oxygen atoms in total. The molecule has 2 saturated heterocycles. The molecule has 0 spiro atoms. The third-order valence-electron chi connectivity index (χ3n) is 3.84. The quantitative estimate of drug-likeness (QED) is 0.763. The lowest BCUT2D eigenvalue weighted by molar-refractivity contribution is 0.0780. The van der Waals surface area contributed by atoms with Crippen LogP contribution < -0.4 is 5.32 Å². The SMILES string of the molecule is O=C(c1cc(Cl)ccc1I)N1CC2CNCC2C1. The van der Waals surface area contributed by atoms with E-state index >= 15 is 0 Å². The number of carbonyl (C=O) groups is 1. The first-order chi connectivity index (χ1) is 8.65. The van der Waals surface area contributed by atoms with Gasteiger partial charge in [0.1, 0.15) is 0 Å². The number of likely N-dealkylation sites (tertiary alicyclic amines) is 1. The summed E-state index contributed by atoms with van der Waals surface area (Å²) in [6.45, 7) is 3.83. The van der Waals surface area contributed by atoms with Gasteiger partial charge in [-0.2, -0.15) is 0 Å². The summed E-state index contributed by atoms with van der Waals surface area (Å²) in [4.78, 5) is 14.5. The Labute approximate surface area is 125 Å². The predicted octanol–water partition coefficient (Wildman–Crippen LogP) is 2.24. The third-order valence-corrected chi connectivity index (χ3v) is 5.01. The predicted molar refractivity (Wildman–Crippen MR) is 79.9 cm³/mol. The van der Waals surface area contributed by atoms with E-state index in [4.69, 9.17) is 11.6 Å². The van der Waals surface area contributed by atoms with Crippen LogP contribution in [0.15, 0.2) is 18.2 Å². The van der Waals surface area contributed by atoms with E-state index < -0.39 is 0 Å². The van der Waals surface area contributed by atoms with Crippen molar-refractivity contribution in [3.8, 4) is 0 Å². The Morgan fingerprint density at radius 3 is 2.67 bits per heavy atom. The summed E-state index contributed by atoms with van der Waals surface area (Å²) in [6, 6.07) is 5.50. The van der Waals surface area contributed by atoms with Gasteiger partial charge in [-0.15, -0.1) is 0 Å². The van der Waals surface area contributed by atoms with Gasteiger partial charge in [0.05, 0.1) is 5.56 Å². The average Bonchev–Trinajstić information content (AvgIpc) is 2.91. The molecule has 18 heavy (non-hydrogen) atoms. The molecule has 0 bridgehead atoms. The van der Waals surface area contributed by atoms with Crippen molar-refractivity contribution in [3.63, 3.8) is 0 Å². The van der Waals surface area contributed by atoms with E-state index in [1.807, 2.05) is 17.0 Å². The molecule has 3 rings (SSSR count). The van der Waals surface area contributed by atoms with Crippen LogP contribution in [0.3, 0.4) is 0 Å². The number of hydrogen-bond acceptors (Lipinski definition) is 2. The number of fused-ring (bicyclic) bond motifs is 1. The number of benzene rings is 1. The molecular weight excluding hydrogens is 363 g/mol. The summed E-state index contributed by atoms with van der Waals surface area (Å²) in [5, 5.41) is 4.01. The Kier molecular flexibility index (Phi) is 3.51. The van der Waals surface area contributed by atoms with E-state index in [9.17, 15) is 4.79 Å². The number of amides is 1. The zero-order chi connectivity index (χ0) is 12.7. The van der Waals surface area contributed by atoms with Crippen molar-refractivity contribution in [1.82, 2.24) is 10.2 Å². The lowest BCUT2D eigenvalue weighted by Gasteiger charge is -2.18. The van der Waals surface area contributed by atoms with Crippen molar-refractivity contribution in [1.29, 1.82) is 0 Å². The molecule has 2 fully saturated rings. The number of halogens is 2. The zero-order valence-corrected chi connectivity index (χ0v) is 12.7. The molecule has 1 N–H and O–H groups in total. The topological polar surface area (TPSA) is 32.3 Å². The summed E-state index contributed by atoms with van der Waals surface area (Å²) in [5.41, 5.74) is 0.732. The summed E-state index contributed by atoms with van der Waals surface area (Å²) in [6.07, 6.45) is 0. The van der Waals surface area contributed by atoms with Crippen LogP contribution in [0.4, 0.5) is 0 Å². The summed E-state index contributed by atoms with van der Waals surface area (Å²) in [7, 11) is 0. The van der Waals surface area contributed by atoms with Crippen LogP contribution >= 0.6 is 34.2 Å². The van der Waals surface area contributed by atoms with E-state index in [-0.39, 0.29) is 5.91 Å². The van der Waals surface area contributed by atoms with Gasteiger partial charge in [0, 0.05) is 34.8 Å². The van der Waals surface area contributed by atoms with E-state index in [1.54, 1.807) is 6.07 Å². The molecule has 5 heteroatoms. The van der Waals surface area contributed by atoms with E-state index in [0.29, 0.717) is 16.9 Å². The smallest absolute Gasteiger partial charge is 0.255 e. The Bertz CT molecular complexity index is 482. The molecule has 1 aromatic rings. The summed E-state index contributed by atoms with van der Waals surface area (Å²) in [5.74, 6) is 1.38. The standard InChI is InChI=1S/C13H14ClIN2O/c14-10-1-2-12(15)11(3-10)13(18)17-6-8-4-16-5-9(8)7-17/h1-3,8-9,16H,4-7H2. The van der Waals surface area contributed by atoms with Crippen LogP contribution in [0.5, 0.6) is 0 Å². The van der Waals surface area contributed by atoms with E-state index in [0.717, 1.165) is 35.3 Å². The van der Waals surface area contributed by atoms with Crippen LogP contribution in [-0.4, -0.2) is 37.0 Å². The van der Waals surface area contributed by atoms with Crippen molar-refractivity contribution in [2.45, 2.75) is 0 Å². The first-order valence-electron chi connectivity index (χ1n) is 6.10. The normalized spacial score (nSPS) is 26.4. The van der Waals surface area contributed by atoms with Crippen molar-refractivity contribution in [2.24, 2.45) is 11.8 Å². The molecule has 2 atom stereocenters. The first-order valence-corrected chi connectivity index (χ1v) is 7.56. The molecule has 1 aromatic carbocycles. The monoisotopic (exact) mass is 376 g/mol. The van der Waals surface area contributed by atoms with Crippen LogP contribution in [0.1, 0.15) is 10.4 Å². The minimum atomic E-state index is 0.122. The van der Waals surface area contributed by atoms with Crippen molar-refractivity contribution < 1.29 is 4.79 Å². The second-order valence-corrected chi connectivity index (χ2v) is 6.61. The molecule has 0 radical (unpaired) electrons. The highest BCUT2D eigenvalue weighted by Gasteiger charge is 2.38. The molecule has 0 aliphatic carbocycles. The molecule has 2 aliphatic rings. The van der Waals surface area contributed by atoms with Gasteiger partial charge in [-0.25, -0.2) is 0 Å². The molecule has 2 aliphatic heterocycles. The highest BCUT2D eigenvalue weighted by molar-refractivity contribution is 14.1. The zero-order valence-electron chi connectivity index (χ0n) is 9.83. The maximum Gasteiger partial charge on any atom is 0.255 e. The average molecular weight is 377 g/mol. The minimum Gasteiger partial charge on any atom is -0.338 e. The number of rotatable bonds is 1. The fourth-order valence-corrected chi connectivity index (χ4v) is 3.59.